The first-order valence-electron chi connectivity index (χ1n) is 8.44. The van der Waals surface area contributed by atoms with Gasteiger partial charge >= 0.3 is 0 Å². The second-order valence-electron chi connectivity index (χ2n) is 6.21. The number of carbonyl (C=O) groups is 1. The van der Waals surface area contributed by atoms with E-state index in [0.717, 1.165) is 27.8 Å². The molecule has 3 aromatic carbocycles. The van der Waals surface area contributed by atoms with E-state index in [4.69, 9.17) is 17.3 Å². The second kappa shape index (κ2) is 6.78. The molecule has 0 spiro atoms. The van der Waals surface area contributed by atoms with Crippen molar-refractivity contribution in [1.29, 1.82) is 0 Å². The predicted octanol–water partition coefficient (Wildman–Crippen LogP) is 4.89. The molecule has 0 bridgehead atoms. The van der Waals surface area contributed by atoms with Crippen molar-refractivity contribution in [2.24, 2.45) is 0 Å². The van der Waals surface area contributed by atoms with E-state index >= 15 is 0 Å². The van der Waals surface area contributed by atoms with Crippen molar-refractivity contribution >= 4 is 40.2 Å². The number of nitrogens with zero attached hydrogens (tertiary/aromatic N) is 2. The van der Waals surface area contributed by atoms with Gasteiger partial charge in [-0.15, -0.1) is 0 Å². The minimum absolute atomic E-state index is 0.132. The third-order valence-corrected chi connectivity index (χ3v) is 4.55. The van der Waals surface area contributed by atoms with E-state index in [0.29, 0.717) is 16.7 Å². The molecule has 5 nitrogen and oxygen atoms in total. The summed E-state index contributed by atoms with van der Waals surface area (Å²) in [5, 5.41) is 3.45. The molecular weight excluding hydrogens is 360 g/mol. The number of para-hydroxylation sites is 2. The molecule has 0 saturated heterocycles. The highest BCUT2D eigenvalue weighted by Gasteiger charge is 2.11. The number of nitrogen functional groups attached to an aromatic ring is 1. The zero-order valence-corrected chi connectivity index (χ0v) is 15.4. The summed E-state index contributed by atoms with van der Waals surface area (Å²) in [5.41, 5.74) is 11.3. The maximum Gasteiger partial charge on any atom is 0.221 e. The molecule has 0 radical (unpaired) electrons. The van der Waals surface area contributed by atoms with Gasteiger partial charge in [0.15, 0.2) is 0 Å². The summed E-state index contributed by atoms with van der Waals surface area (Å²) in [5.74, 6) is 0.304. The summed E-state index contributed by atoms with van der Waals surface area (Å²) >= 11 is 6.16. The highest BCUT2D eigenvalue weighted by atomic mass is 35.5. The number of amides is 1. The van der Waals surface area contributed by atoms with Gasteiger partial charge in [0.1, 0.15) is 0 Å². The van der Waals surface area contributed by atoms with Gasteiger partial charge < -0.3 is 11.1 Å². The van der Waals surface area contributed by atoms with Gasteiger partial charge in [-0.05, 0) is 48.0 Å². The topological polar surface area (TPSA) is 72.9 Å². The van der Waals surface area contributed by atoms with Crippen LogP contribution in [0.25, 0.3) is 27.8 Å². The number of nitrogens with one attached hydrogen (secondary N) is 1. The Balaban J connectivity index is 1.78. The van der Waals surface area contributed by atoms with Gasteiger partial charge in [0.05, 0.1) is 11.0 Å². The lowest BCUT2D eigenvalue weighted by atomic mass is 10.0. The molecule has 0 atom stereocenters. The van der Waals surface area contributed by atoms with Crippen LogP contribution in [0.15, 0.2) is 66.7 Å². The molecule has 4 aromatic rings. The molecule has 1 aromatic heterocycles. The quantitative estimate of drug-likeness (QED) is 0.534. The summed E-state index contributed by atoms with van der Waals surface area (Å²) in [6, 6.07) is 21.1. The van der Waals surface area contributed by atoms with Gasteiger partial charge in [-0.25, -0.2) is 4.98 Å². The van der Waals surface area contributed by atoms with Crippen LogP contribution in [0.5, 0.6) is 0 Å². The molecule has 1 heterocycles. The van der Waals surface area contributed by atoms with Crippen molar-refractivity contribution < 1.29 is 4.79 Å². The fourth-order valence-electron chi connectivity index (χ4n) is 3.16. The summed E-state index contributed by atoms with van der Waals surface area (Å²) in [7, 11) is 0. The van der Waals surface area contributed by atoms with Crippen molar-refractivity contribution in [2.75, 3.05) is 11.1 Å². The highest BCUT2D eigenvalue weighted by molar-refractivity contribution is 6.31. The number of halogens is 1. The number of hydrogen-bond acceptors (Lipinski definition) is 3. The molecule has 27 heavy (non-hydrogen) atoms. The maximum atomic E-state index is 11.5. The van der Waals surface area contributed by atoms with Crippen LogP contribution >= 0.6 is 11.6 Å². The second-order valence-corrected chi connectivity index (χ2v) is 6.65. The Hall–Kier alpha value is -3.31. The van der Waals surface area contributed by atoms with Gasteiger partial charge in [0.2, 0.25) is 11.9 Å². The molecule has 1 amide bonds. The van der Waals surface area contributed by atoms with Crippen LogP contribution in [0.4, 0.5) is 11.6 Å². The lowest BCUT2D eigenvalue weighted by Crippen LogP contribution is -2.07. The molecular formula is C21H17ClN4O. The van der Waals surface area contributed by atoms with Crippen LogP contribution in [-0.4, -0.2) is 15.5 Å². The average Bonchev–Trinajstić information content (AvgIpc) is 2.99. The Morgan fingerprint density at radius 3 is 2.56 bits per heavy atom. The molecule has 4 rings (SSSR count). The largest absolute Gasteiger partial charge is 0.369 e. The van der Waals surface area contributed by atoms with Crippen LogP contribution < -0.4 is 11.1 Å². The summed E-state index contributed by atoms with van der Waals surface area (Å²) < 4.78 is 1.91. The number of carbonyl (C=O) groups excluding carboxylic acids is 1. The first-order chi connectivity index (χ1) is 13.0. The van der Waals surface area contributed by atoms with Crippen molar-refractivity contribution in [3.8, 4) is 16.8 Å². The van der Waals surface area contributed by atoms with E-state index in [-0.39, 0.29) is 5.91 Å². The Kier molecular flexibility index (Phi) is 4.30. The normalized spacial score (nSPS) is 10.9. The molecule has 0 unspecified atom stereocenters. The Bertz CT molecular complexity index is 1150. The number of benzene rings is 3. The van der Waals surface area contributed by atoms with E-state index in [1.807, 2.05) is 59.2 Å². The minimum Gasteiger partial charge on any atom is -0.369 e. The zero-order chi connectivity index (χ0) is 19.0. The third-order valence-electron chi connectivity index (χ3n) is 4.32. The average molecular weight is 377 g/mol. The Morgan fingerprint density at radius 1 is 1.07 bits per heavy atom. The van der Waals surface area contributed by atoms with Crippen molar-refractivity contribution in [1.82, 2.24) is 9.55 Å². The van der Waals surface area contributed by atoms with Crippen molar-refractivity contribution in [3.05, 3.63) is 71.8 Å². The zero-order valence-electron chi connectivity index (χ0n) is 14.6. The number of imidazole rings is 1. The van der Waals surface area contributed by atoms with Gasteiger partial charge in [-0.2, -0.15) is 0 Å². The summed E-state index contributed by atoms with van der Waals surface area (Å²) in [6.45, 7) is 1.48. The smallest absolute Gasteiger partial charge is 0.221 e. The third kappa shape index (κ3) is 3.25. The lowest BCUT2D eigenvalue weighted by Gasteiger charge is -2.12. The monoisotopic (exact) mass is 376 g/mol. The van der Waals surface area contributed by atoms with Crippen molar-refractivity contribution in [3.63, 3.8) is 0 Å². The first kappa shape index (κ1) is 17.1. The van der Waals surface area contributed by atoms with Gasteiger partial charge in [0.25, 0.3) is 0 Å². The van der Waals surface area contributed by atoms with E-state index in [2.05, 4.69) is 10.3 Å². The van der Waals surface area contributed by atoms with Crippen LogP contribution in [0.2, 0.25) is 5.02 Å². The molecule has 6 heteroatoms. The fourth-order valence-corrected chi connectivity index (χ4v) is 3.33. The molecule has 0 fully saturated rings. The van der Waals surface area contributed by atoms with Gasteiger partial charge in [-0.1, -0.05) is 35.9 Å². The van der Waals surface area contributed by atoms with Crippen LogP contribution in [0, 0.1) is 0 Å². The molecule has 0 aliphatic rings. The minimum atomic E-state index is -0.132. The molecule has 134 valence electrons. The molecule has 0 saturated carbocycles. The van der Waals surface area contributed by atoms with Gasteiger partial charge in [-0.3, -0.25) is 9.36 Å². The number of rotatable bonds is 3. The number of hydrogen-bond donors (Lipinski definition) is 2. The number of aromatic nitrogens is 2. The first-order valence-corrected chi connectivity index (χ1v) is 8.81. The van der Waals surface area contributed by atoms with Gasteiger partial charge in [0, 0.05) is 28.9 Å². The van der Waals surface area contributed by atoms with Crippen LogP contribution in [0.1, 0.15) is 6.92 Å². The summed E-state index contributed by atoms with van der Waals surface area (Å²) in [6.07, 6.45) is 0. The Labute approximate surface area is 161 Å². The van der Waals surface area contributed by atoms with E-state index < -0.39 is 0 Å². The fraction of sp³-hybridized carbons (Fsp3) is 0.0476. The highest BCUT2D eigenvalue weighted by Crippen LogP contribution is 2.32. The lowest BCUT2D eigenvalue weighted by molar-refractivity contribution is -0.114. The van der Waals surface area contributed by atoms with Crippen LogP contribution in [0.3, 0.4) is 0 Å². The Morgan fingerprint density at radius 2 is 1.81 bits per heavy atom. The molecule has 0 aliphatic carbocycles. The SMILES string of the molecule is CC(=O)Nc1ccc(Cl)cc1-c1ccc(-n2c(N)nc3ccccc32)cc1. The number of anilines is 2. The van der Waals surface area contributed by atoms with Crippen molar-refractivity contribution in [2.45, 2.75) is 6.92 Å². The van der Waals surface area contributed by atoms with E-state index in [1.54, 1.807) is 12.1 Å². The van der Waals surface area contributed by atoms with E-state index in [1.165, 1.54) is 6.92 Å². The predicted molar refractivity (Wildman–Crippen MR) is 110 cm³/mol. The molecule has 3 N–H and O–H groups in total. The van der Waals surface area contributed by atoms with E-state index in [9.17, 15) is 4.79 Å². The molecule has 0 aliphatic heterocycles. The standard InChI is InChI=1S/C21H17ClN4O/c1-13(27)24-18-11-8-15(22)12-17(18)14-6-9-16(10-7-14)26-20-5-3-2-4-19(20)25-21(26)23/h2-12H,1H3,(H2,23,25)(H,24,27). The summed E-state index contributed by atoms with van der Waals surface area (Å²) in [4.78, 5) is 15.9. The maximum absolute atomic E-state index is 11.5. The number of fused-ring (bicyclic) bond motifs is 1. The number of nitrogens with two attached hydrogens (primary N) is 1. The van der Waals surface area contributed by atoms with Crippen LogP contribution in [-0.2, 0) is 4.79 Å².